The third kappa shape index (κ3) is 1.06. The molecule has 0 amide bonds. The van der Waals surface area contributed by atoms with Gasteiger partial charge in [0.15, 0.2) is 0 Å². The first-order valence-electron chi connectivity index (χ1n) is 2.86. The summed E-state index contributed by atoms with van der Waals surface area (Å²) in [5.41, 5.74) is -1.87. The molecule has 0 aromatic heterocycles. The Bertz CT molecular complexity index is 209. The highest BCUT2D eigenvalue weighted by molar-refractivity contribution is 5.14. The first-order valence-corrected chi connectivity index (χ1v) is 2.86. The lowest BCUT2D eigenvalue weighted by molar-refractivity contribution is -0.607. The van der Waals surface area contributed by atoms with Crippen molar-refractivity contribution >= 4 is 0 Å². The van der Waals surface area contributed by atoms with Gasteiger partial charge in [-0.2, -0.15) is 0 Å². The molecule has 0 spiro atoms. The second kappa shape index (κ2) is 2.22. The van der Waals surface area contributed by atoms with Crippen LogP contribution >= 0.6 is 0 Å². The molecular formula is C6H7NO3. The van der Waals surface area contributed by atoms with E-state index < -0.39 is 10.6 Å². The monoisotopic (exact) mass is 141 g/mol. The van der Waals surface area contributed by atoms with Crippen LogP contribution in [-0.4, -0.2) is 15.8 Å². The first kappa shape index (κ1) is 6.95. The van der Waals surface area contributed by atoms with Gasteiger partial charge in [0.1, 0.15) is 0 Å². The fourth-order valence-electron chi connectivity index (χ4n) is 0.733. The largest absolute Gasteiger partial charge is 0.345 e. The smallest absolute Gasteiger partial charge is 0.327 e. The molecule has 10 heavy (non-hydrogen) atoms. The lowest BCUT2D eigenvalue weighted by Gasteiger charge is -2.14. The van der Waals surface area contributed by atoms with Crippen LogP contribution in [0.1, 0.15) is 6.42 Å². The fraction of sp³-hybridized carbons (Fsp3) is 0.333. The number of aliphatic hydroxyl groups is 1. The highest BCUT2D eigenvalue weighted by Gasteiger charge is 2.36. The maximum absolute atomic E-state index is 10.1. The second-order valence-corrected chi connectivity index (χ2v) is 2.13. The normalized spacial score (nSPS) is 30.5. The molecule has 4 nitrogen and oxygen atoms in total. The minimum absolute atomic E-state index is 0.0521. The van der Waals surface area contributed by atoms with Gasteiger partial charge in [0.05, 0.1) is 11.3 Å². The summed E-state index contributed by atoms with van der Waals surface area (Å²) >= 11 is 0. The number of rotatable bonds is 1. The van der Waals surface area contributed by atoms with E-state index in [-0.39, 0.29) is 6.42 Å². The van der Waals surface area contributed by atoms with Gasteiger partial charge in [-0.25, -0.2) is 0 Å². The summed E-state index contributed by atoms with van der Waals surface area (Å²) in [6, 6.07) is 0. The van der Waals surface area contributed by atoms with E-state index in [1.54, 1.807) is 12.2 Å². The molecule has 0 heterocycles. The van der Waals surface area contributed by atoms with E-state index in [0.29, 0.717) is 0 Å². The van der Waals surface area contributed by atoms with Crippen LogP contribution in [0.2, 0.25) is 0 Å². The maximum atomic E-state index is 10.1. The van der Waals surface area contributed by atoms with Gasteiger partial charge in [0.2, 0.25) is 0 Å². The standard InChI is InChI=1S/C6H7NO3/c8-6(7(9)10)4-2-1-3-5-6/h1-4,8H,5H2. The van der Waals surface area contributed by atoms with E-state index in [0.717, 1.165) is 0 Å². The molecule has 1 atom stereocenters. The number of hydrogen-bond acceptors (Lipinski definition) is 3. The average molecular weight is 141 g/mol. The van der Waals surface area contributed by atoms with Crippen LogP contribution in [0.3, 0.4) is 0 Å². The molecular weight excluding hydrogens is 134 g/mol. The van der Waals surface area contributed by atoms with Crippen molar-refractivity contribution in [2.75, 3.05) is 0 Å². The van der Waals surface area contributed by atoms with Crippen molar-refractivity contribution in [3.05, 3.63) is 34.4 Å². The number of allylic oxidation sites excluding steroid dienone is 2. The van der Waals surface area contributed by atoms with Gasteiger partial charge in [-0.1, -0.05) is 18.2 Å². The zero-order valence-electron chi connectivity index (χ0n) is 5.23. The Labute approximate surface area is 57.6 Å². The Kier molecular flexibility index (Phi) is 1.55. The van der Waals surface area contributed by atoms with Crippen molar-refractivity contribution in [3.63, 3.8) is 0 Å². The van der Waals surface area contributed by atoms with Gasteiger partial charge in [-0.3, -0.25) is 10.1 Å². The van der Waals surface area contributed by atoms with Crippen molar-refractivity contribution < 1.29 is 10.0 Å². The van der Waals surface area contributed by atoms with Crippen LogP contribution in [0.25, 0.3) is 0 Å². The van der Waals surface area contributed by atoms with Gasteiger partial charge in [-0.15, -0.1) is 0 Å². The summed E-state index contributed by atoms with van der Waals surface area (Å²) in [4.78, 5) is 9.45. The lowest BCUT2D eigenvalue weighted by Crippen LogP contribution is -2.35. The molecule has 54 valence electrons. The van der Waals surface area contributed by atoms with Gasteiger partial charge < -0.3 is 5.11 Å². The Morgan fingerprint density at radius 3 is 2.60 bits per heavy atom. The molecule has 1 rings (SSSR count). The van der Waals surface area contributed by atoms with Crippen molar-refractivity contribution in [2.24, 2.45) is 0 Å². The molecule has 0 aliphatic heterocycles. The maximum Gasteiger partial charge on any atom is 0.345 e. The summed E-state index contributed by atoms with van der Waals surface area (Å²) in [5, 5.41) is 19.3. The minimum atomic E-state index is -1.87. The summed E-state index contributed by atoms with van der Waals surface area (Å²) in [5.74, 6) is 0. The Morgan fingerprint density at radius 1 is 1.60 bits per heavy atom. The summed E-state index contributed by atoms with van der Waals surface area (Å²) in [6.07, 6.45) is 5.91. The highest BCUT2D eigenvalue weighted by atomic mass is 16.7. The lowest BCUT2D eigenvalue weighted by atomic mass is 10.1. The topological polar surface area (TPSA) is 63.4 Å². The zero-order chi connectivity index (χ0) is 7.61. The minimum Gasteiger partial charge on any atom is -0.327 e. The second-order valence-electron chi connectivity index (χ2n) is 2.13. The summed E-state index contributed by atoms with van der Waals surface area (Å²) in [6.45, 7) is 0. The number of nitrogens with zero attached hydrogens (tertiary/aromatic N) is 1. The quantitative estimate of drug-likeness (QED) is 0.328. The molecule has 1 N–H and O–H groups in total. The zero-order valence-corrected chi connectivity index (χ0v) is 5.23. The molecule has 0 radical (unpaired) electrons. The van der Waals surface area contributed by atoms with Crippen LogP contribution in [-0.2, 0) is 0 Å². The third-order valence-electron chi connectivity index (χ3n) is 1.34. The molecule has 0 bridgehead atoms. The number of hydrogen-bond donors (Lipinski definition) is 1. The van der Waals surface area contributed by atoms with Crippen molar-refractivity contribution in [1.29, 1.82) is 0 Å². The van der Waals surface area contributed by atoms with E-state index in [4.69, 9.17) is 5.11 Å². The van der Waals surface area contributed by atoms with Crippen LogP contribution < -0.4 is 0 Å². The molecule has 0 aromatic rings. The number of nitro groups is 1. The van der Waals surface area contributed by atoms with Gasteiger partial charge in [0.25, 0.3) is 0 Å². The van der Waals surface area contributed by atoms with Crippen LogP contribution in [0.4, 0.5) is 0 Å². The summed E-state index contributed by atoms with van der Waals surface area (Å²) in [7, 11) is 0. The first-order chi connectivity index (χ1) is 4.65. The molecule has 1 aliphatic carbocycles. The molecule has 0 aromatic carbocycles. The Hall–Kier alpha value is -1.16. The fourth-order valence-corrected chi connectivity index (χ4v) is 0.733. The molecule has 0 fully saturated rings. The Balaban J connectivity index is 2.80. The van der Waals surface area contributed by atoms with Crippen molar-refractivity contribution in [3.8, 4) is 0 Å². The van der Waals surface area contributed by atoms with Crippen LogP contribution in [0.5, 0.6) is 0 Å². The van der Waals surface area contributed by atoms with Gasteiger partial charge >= 0.3 is 5.72 Å². The predicted octanol–water partition coefficient (Wildman–Crippen LogP) is 0.468. The van der Waals surface area contributed by atoms with Crippen molar-refractivity contribution in [2.45, 2.75) is 12.1 Å². The Morgan fingerprint density at radius 2 is 2.30 bits per heavy atom. The van der Waals surface area contributed by atoms with E-state index in [1.165, 1.54) is 12.2 Å². The molecule has 1 unspecified atom stereocenters. The van der Waals surface area contributed by atoms with Gasteiger partial charge in [-0.05, 0) is 0 Å². The van der Waals surface area contributed by atoms with Crippen LogP contribution in [0, 0.1) is 10.1 Å². The molecule has 0 saturated heterocycles. The molecule has 0 saturated carbocycles. The average Bonchev–Trinajstić information content (AvgIpc) is 1.89. The highest BCUT2D eigenvalue weighted by Crippen LogP contribution is 2.16. The van der Waals surface area contributed by atoms with E-state index in [1.807, 2.05) is 0 Å². The van der Waals surface area contributed by atoms with E-state index in [9.17, 15) is 10.1 Å². The van der Waals surface area contributed by atoms with Crippen LogP contribution in [0.15, 0.2) is 24.3 Å². The van der Waals surface area contributed by atoms with E-state index in [2.05, 4.69) is 0 Å². The summed E-state index contributed by atoms with van der Waals surface area (Å²) < 4.78 is 0. The molecule has 4 heteroatoms. The van der Waals surface area contributed by atoms with E-state index >= 15 is 0 Å². The predicted molar refractivity (Wildman–Crippen MR) is 34.8 cm³/mol. The molecule has 1 aliphatic rings. The van der Waals surface area contributed by atoms with Gasteiger partial charge in [0, 0.05) is 6.08 Å². The third-order valence-corrected chi connectivity index (χ3v) is 1.34. The van der Waals surface area contributed by atoms with Crippen molar-refractivity contribution in [1.82, 2.24) is 0 Å². The SMILES string of the molecule is O=[N+]([O-])C1(O)C=CC=CC1.